The molecule has 33 heavy (non-hydrogen) atoms. The van der Waals surface area contributed by atoms with Gasteiger partial charge in [-0.15, -0.1) is 0 Å². The predicted octanol–water partition coefficient (Wildman–Crippen LogP) is 7.55. The topological polar surface area (TPSA) is 15.3 Å². The lowest BCUT2D eigenvalue weighted by molar-refractivity contribution is -0.0883. The van der Waals surface area contributed by atoms with Crippen molar-refractivity contribution >= 4 is 0 Å². The molecular weight excluding hydrogens is 421 g/mol. The molecule has 186 valence electrons. The van der Waals surface area contributed by atoms with Crippen molar-refractivity contribution in [2.24, 2.45) is 5.92 Å². The maximum absolute atomic E-state index is 12.8. The molecule has 0 aromatic rings. The molecule has 0 fully saturated rings. The van der Waals surface area contributed by atoms with Gasteiger partial charge >= 0.3 is 6.18 Å². The van der Waals surface area contributed by atoms with Crippen molar-refractivity contribution in [2.45, 2.75) is 72.0 Å². The third kappa shape index (κ3) is 12.3. The van der Waals surface area contributed by atoms with Gasteiger partial charge in [-0.05, 0) is 69.7 Å². The number of rotatable bonds is 14. The minimum atomic E-state index is -4.35. The highest BCUT2D eigenvalue weighted by atomic mass is 19.4. The first kappa shape index (κ1) is 29.2. The maximum Gasteiger partial charge on any atom is 0.416 e. The van der Waals surface area contributed by atoms with Crippen LogP contribution in [0.5, 0.6) is 0 Å². The first-order valence-electron chi connectivity index (χ1n) is 12.1. The Bertz CT molecular complexity index is 752. The van der Waals surface area contributed by atoms with Crippen LogP contribution in [0.15, 0.2) is 71.4 Å². The third-order valence-corrected chi connectivity index (χ3v) is 5.82. The fraction of sp³-hybridized carbons (Fsp3) is 0.571. The Hall–Kier alpha value is -1.85. The van der Waals surface area contributed by atoms with Crippen molar-refractivity contribution in [2.75, 3.05) is 26.7 Å². The molecule has 2 nitrogen and oxygen atoms in total. The molecule has 1 N–H and O–H groups in total. The van der Waals surface area contributed by atoms with E-state index in [-0.39, 0.29) is 6.42 Å². The Balaban J connectivity index is 2.60. The van der Waals surface area contributed by atoms with Gasteiger partial charge in [0.25, 0.3) is 0 Å². The molecule has 0 heterocycles. The highest BCUT2D eigenvalue weighted by Gasteiger charge is 2.30. The summed E-state index contributed by atoms with van der Waals surface area (Å²) in [5.74, 6) is 0.697. The van der Waals surface area contributed by atoms with E-state index in [9.17, 15) is 13.2 Å². The number of hydrogen-bond donors (Lipinski definition) is 1. The van der Waals surface area contributed by atoms with Gasteiger partial charge in [-0.3, -0.25) is 0 Å². The summed E-state index contributed by atoms with van der Waals surface area (Å²) in [4.78, 5) is 2.41. The van der Waals surface area contributed by atoms with Crippen LogP contribution in [0.4, 0.5) is 13.2 Å². The fourth-order valence-electron chi connectivity index (χ4n) is 3.91. The molecule has 0 bridgehead atoms. The predicted molar refractivity (Wildman–Crippen MR) is 136 cm³/mol. The third-order valence-electron chi connectivity index (χ3n) is 5.82. The Morgan fingerprint density at radius 1 is 1.24 bits per heavy atom. The Morgan fingerprint density at radius 2 is 1.97 bits per heavy atom. The largest absolute Gasteiger partial charge is 0.416 e. The normalized spacial score (nSPS) is 16.7. The van der Waals surface area contributed by atoms with E-state index >= 15 is 0 Å². The van der Waals surface area contributed by atoms with Crippen molar-refractivity contribution in [1.82, 2.24) is 10.2 Å². The Morgan fingerprint density at radius 3 is 2.58 bits per heavy atom. The van der Waals surface area contributed by atoms with Crippen LogP contribution in [0.25, 0.3) is 0 Å². The summed E-state index contributed by atoms with van der Waals surface area (Å²) in [6.45, 7) is 15.1. The van der Waals surface area contributed by atoms with E-state index in [0.29, 0.717) is 12.0 Å². The van der Waals surface area contributed by atoms with E-state index in [0.717, 1.165) is 49.7 Å². The first-order chi connectivity index (χ1) is 15.6. The van der Waals surface area contributed by atoms with Crippen molar-refractivity contribution in [3.8, 4) is 0 Å². The lowest BCUT2D eigenvalue weighted by atomic mass is 10.1. The second-order valence-electron chi connectivity index (χ2n) is 9.32. The molecule has 5 heteroatoms. The number of alkyl halides is 3. The minimum Gasteiger partial charge on any atom is -0.310 e. The molecule has 0 aromatic heterocycles. The van der Waals surface area contributed by atoms with Crippen molar-refractivity contribution in [3.05, 3.63) is 71.4 Å². The molecule has 0 spiro atoms. The summed E-state index contributed by atoms with van der Waals surface area (Å²) in [5.41, 5.74) is 2.62. The fourth-order valence-corrected chi connectivity index (χ4v) is 3.91. The minimum absolute atomic E-state index is 0.223. The molecule has 0 radical (unpaired) electrons. The molecule has 1 rings (SSSR count). The second-order valence-corrected chi connectivity index (χ2v) is 9.32. The maximum atomic E-state index is 12.8. The van der Waals surface area contributed by atoms with Crippen molar-refractivity contribution < 1.29 is 13.2 Å². The molecule has 1 atom stereocenters. The average Bonchev–Trinajstić information content (AvgIpc) is 2.97. The quantitative estimate of drug-likeness (QED) is 0.267. The zero-order valence-corrected chi connectivity index (χ0v) is 21.1. The van der Waals surface area contributed by atoms with Crippen LogP contribution < -0.4 is 5.32 Å². The van der Waals surface area contributed by atoms with Gasteiger partial charge in [0.15, 0.2) is 0 Å². The summed E-state index contributed by atoms with van der Waals surface area (Å²) >= 11 is 0. The van der Waals surface area contributed by atoms with Crippen LogP contribution in [0.3, 0.4) is 0 Å². The zero-order valence-electron chi connectivity index (χ0n) is 21.1. The van der Waals surface area contributed by atoms with Crippen LogP contribution in [0.1, 0.15) is 59.8 Å². The van der Waals surface area contributed by atoms with Crippen LogP contribution in [0.2, 0.25) is 0 Å². The number of hydrogen-bond acceptors (Lipinski definition) is 2. The molecule has 1 aliphatic carbocycles. The number of allylic oxidation sites excluding steroid dienone is 10. The lowest BCUT2D eigenvalue weighted by Crippen LogP contribution is -2.32. The smallest absolute Gasteiger partial charge is 0.310 e. The van der Waals surface area contributed by atoms with E-state index < -0.39 is 11.7 Å². The van der Waals surface area contributed by atoms with Gasteiger partial charge in [-0.25, -0.2) is 0 Å². The SMILES string of the molecule is C=C/C(=C\C/C=C(\C)C1=CC=C(CNC(CC)CCCN(C)CC(C)C)CC=C1)C(F)(F)F. The lowest BCUT2D eigenvalue weighted by Gasteiger charge is -2.22. The van der Waals surface area contributed by atoms with E-state index in [1.165, 1.54) is 24.5 Å². The highest BCUT2D eigenvalue weighted by Crippen LogP contribution is 2.27. The summed E-state index contributed by atoms with van der Waals surface area (Å²) in [6.07, 6.45) is 12.5. The van der Waals surface area contributed by atoms with Crippen molar-refractivity contribution in [3.63, 3.8) is 0 Å². The molecule has 0 amide bonds. The van der Waals surface area contributed by atoms with Crippen molar-refractivity contribution in [1.29, 1.82) is 0 Å². The second kappa shape index (κ2) is 15.1. The molecule has 0 saturated carbocycles. The van der Waals surface area contributed by atoms with Crippen LogP contribution in [-0.4, -0.2) is 43.8 Å². The summed E-state index contributed by atoms with van der Waals surface area (Å²) < 4.78 is 38.4. The molecule has 0 saturated heterocycles. The molecule has 0 aliphatic heterocycles. The molecule has 0 aromatic carbocycles. The zero-order chi connectivity index (χ0) is 24.9. The van der Waals surface area contributed by atoms with Gasteiger partial charge in [-0.1, -0.05) is 75.5 Å². The van der Waals surface area contributed by atoms with E-state index in [1.807, 2.05) is 13.0 Å². The Labute approximate surface area is 199 Å². The number of halogens is 3. The molecular formula is C28H43F3N2. The van der Waals surface area contributed by atoms with Crippen LogP contribution in [-0.2, 0) is 0 Å². The van der Waals surface area contributed by atoms with Gasteiger partial charge < -0.3 is 10.2 Å². The molecule has 1 unspecified atom stereocenters. The monoisotopic (exact) mass is 464 g/mol. The van der Waals surface area contributed by atoms with Gasteiger partial charge in [0, 0.05) is 19.1 Å². The summed E-state index contributed by atoms with van der Waals surface area (Å²) in [5, 5.41) is 3.70. The van der Waals surface area contributed by atoms with Crippen LogP contribution >= 0.6 is 0 Å². The van der Waals surface area contributed by atoms with E-state index in [2.05, 4.69) is 68.9 Å². The standard InChI is InChI=1S/C28H43F3N2/c1-7-26(28(29,30)31)15-9-12-23(5)25-14-10-13-24(17-18-25)20-32-27(8-2)16-11-19-33(6)21-22(3)4/h7,10,12,14-15,17-18,22,27,32H,1,8-9,11,13,16,19-21H2,2-6H3/b23-12+,26-15+. The highest BCUT2D eigenvalue weighted by molar-refractivity contribution is 5.44. The van der Waals surface area contributed by atoms with Gasteiger partial charge in [-0.2, -0.15) is 13.2 Å². The van der Waals surface area contributed by atoms with Crippen LogP contribution in [0, 0.1) is 5.92 Å². The summed E-state index contributed by atoms with van der Waals surface area (Å²) in [7, 11) is 2.20. The number of nitrogens with zero attached hydrogens (tertiary/aromatic N) is 1. The molecule has 1 aliphatic rings. The van der Waals surface area contributed by atoms with Gasteiger partial charge in [0.05, 0.1) is 5.57 Å². The Kier molecular flexibility index (Phi) is 13.4. The van der Waals surface area contributed by atoms with Gasteiger partial charge in [0.2, 0.25) is 0 Å². The van der Waals surface area contributed by atoms with E-state index in [4.69, 9.17) is 0 Å². The summed E-state index contributed by atoms with van der Waals surface area (Å²) in [6, 6.07) is 0.509. The van der Waals surface area contributed by atoms with Gasteiger partial charge in [0.1, 0.15) is 0 Å². The number of nitrogens with one attached hydrogen (secondary N) is 1. The first-order valence-corrected chi connectivity index (χ1v) is 12.1. The van der Waals surface area contributed by atoms with E-state index in [1.54, 1.807) is 0 Å². The average molecular weight is 465 g/mol.